The fraction of sp³-hybridized carbons (Fsp3) is 0.571. The molecule has 17 heavy (non-hydrogen) atoms. The molecule has 92 valence electrons. The second-order valence-corrected chi connectivity index (χ2v) is 6.01. The minimum Gasteiger partial charge on any atom is -0.490 e. The van der Waals surface area contributed by atoms with E-state index in [2.05, 4.69) is 23.5 Å². The largest absolute Gasteiger partial charge is 0.490 e. The molecular formula is C14H19NOS. The number of rotatable bonds is 2. The molecule has 1 N–H and O–H groups in total. The molecule has 2 aliphatic heterocycles. The van der Waals surface area contributed by atoms with Crippen molar-refractivity contribution in [3.63, 3.8) is 0 Å². The quantitative estimate of drug-likeness (QED) is 0.870. The fourth-order valence-electron chi connectivity index (χ4n) is 2.52. The topological polar surface area (TPSA) is 21.3 Å². The maximum atomic E-state index is 6.08. The molecule has 0 unspecified atom stereocenters. The van der Waals surface area contributed by atoms with Gasteiger partial charge in [-0.05, 0) is 60.6 Å². The Balaban J connectivity index is 1.70. The van der Waals surface area contributed by atoms with Gasteiger partial charge in [-0.3, -0.25) is 0 Å². The highest BCUT2D eigenvalue weighted by molar-refractivity contribution is 7.99. The summed E-state index contributed by atoms with van der Waals surface area (Å²) in [4.78, 5) is 0. The van der Waals surface area contributed by atoms with Gasteiger partial charge in [0.15, 0.2) is 0 Å². The van der Waals surface area contributed by atoms with Crippen LogP contribution in [0, 0.1) is 0 Å². The Bertz CT molecular complexity index is 388. The molecule has 1 aromatic carbocycles. The summed E-state index contributed by atoms with van der Waals surface area (Å²) < 4.78 is 6.08. The van der Waals surface area contributed by atoms with Gasteiger partial charge >= 0.3 is 0 Å². The van der Waals surface area contributed by atoms with E-state index in [-0.39, 0.29) is 0 Å². The summed E-state index contributed by atoms with van der Waals surface area (Å²) in [7, 11) is 0. The zero-order valence-corrected chi connectivity index (χ0v) is 10.9. The number of nitrogens with one attached hydrogen (secondary N) is 1. The van der Waals surface area contributed by atoms with Crippen LogP contribution >= 0.6 is 11.8 Å². The molecule has 2 heterocycles. The van der Waals surface area contributed by atoms with Crippen LogP contribution in [-0.4, -0.2) is 24.2 Å². The van der Waals surface area contributed by atoms with Crippen molar-refractivity contribution in [1.29, 1.82) is 0 Å². The van der Waals surface area contributed by atoms with Gasteiger partial charge in [0.1, 0.15) is 11.9 Å². The van der Waals surface area contributed by atoms with Crippen molar-refractivity contribution in [2.75, 3.05) is 18.1 Å². The van der Waals surface area contributed by atoms with Crippen molar-refractivity contribution in [1.82, 2.24) is 5.32 Å². The second kappa shape index (κ2) is 5.32. The Morgan fingerprint density at radius 2 is 2.06 bits per heavy atom. The Kier molecular flexibility index (Phi) is 3.57. The van der Waals surface area contributed by atoms with Gasteiger partial charge in [-0.1, -0.05) is 6.07 Å². The van der Waals surface area contributed by atoms with Crippen molar-refractivity contribution in [3.05, 3.63) is 29.3 Å². The van der Waals surface area contributed by atoms with E-state index in [1.54, 1.807) is 0 Å². The molecule has 0 aliphatic carbocycles. The number of benzene rings is 1. The molecule has 3 heteroatoms. The Hall–Kier alpha value is -0.670. The first-order chi connectivity index (χ1) is 8.42. The Morgan fingerprint density at radius 3 is 2.94 bits per heavy atom. The Labute approximate surface area is 107 Å². The van der Waals surface area contributed by atoms with Crippen molar-refractivity contribution in [2.24, 2.45) is 0 Å². The summed E-state index contributed by atoms with van der Waals surface area (Å²) in [6, 6.07) is 6.61. The number of hydrogen-bond acceptors (Lipinski definition) is 3. The highest BCUT2D eigenvalue weighted by atomic mass is 32.2. The molecule has 1 fully saturated rings. The number of hydrogen-bond donors (Lipinski definition) is 1. The second-order valence-electron chi connectivity index (χ2n) is 4.79. The van der Waals surface area contributed by atoms with E-state index >= 15 is 0 Å². The third-order valence-corrected chi connectivity index (χ3v) is 4.58. The third-order valence-electron chi connectivity index (χ3n) is 3.54. The maximum Gasteiger partial charge on any atom is 0.120 e. The van der Waals surface area contributed by atoms with Crippen molar-refractivity contribution in [3.8, 4) is 5.75 Å². The van der Waals surface area contributed by atoms with Crippen molar-refractivity contribution < 1.29 is 4.74 Å². The van der Waals surface area contributed by atoms with Gasteiger partial charge in [0.25, 0.3) is 0 Å². The van der Waals surface area contributed by atoms with Crippen LogP contribution in [0.1, 0.15) is 24.0 Å². The smallest absolute Gasteiger partial charge is 0.120 e. The highest BCUT2D eigenvalue weighted by Gasteiger charge is 2.16. The van der Waals surface area contributed by atoms with E-state index in [9.17, 15) is 0 Å². The van der Waals surface area contributed by atoms with Crippen LogP contribution in [0.3, 0.4) is 0 Å². The molecule has 2 aliphatic rings. The van der Waals surface area contributed by atoms with Crippen LogP contribution in [-0.2, 0) is 13.0 Å². The van der Waals surface area contributed by atoms with Gasteiger partial charge in [0.05, 0.1) is 0 Å². The van der Waals surface area contributed by atoms with Gasteiger partial charge in [-0.15, -0.1) is 0 Å². The molecule has 1 saturated heterocycles. The minimum atomic E-state index is 0.436. The summed E-state index contributed by atoms with van der Waals surface area (Å²) in [5.41, 5.74) is 2.90. The van der Waals surface area contributed by atoms with Crippen LogP contribution in [0.5, 0.6) is 5.75 Å². The summed E-state index contributed by atoms with van der Waals surface area (Å²) in [5.74, 6) is 3.55. The summed E-state index contributed by atoms with van der Waals surface area (Å²) >= 11 is 2.04. The van der Waals surface area contributed by atoms with E-state index < -0.39 is 0 Å². The molecule has 0 radical (unpaired) electrons. The van der Waals surface area contributed by atoms with Gasteiger partial charge in [-0.25, -0.2) is 0 Å². The molecule has 2 nitrogen and oxygen atoms in total. The Morgan fingerprint density at radius 1 is 1.18 bits per heavy atom. The first kappa shape index (κ1) is 11.4. The summed E-state index contributed by atoms with van der Waals surface area (Å²) in [5, 5.41) is 3.41. The fourth-order valence-corrected chi connectivity index (χ4v) is 3.58. The third kappa shape index (κ3) is 2.78. The average Bonchev–Trinajstić information content (AvgIpc) is 2.40. The molecule has 0 saturated carbocycles. The lowest BCUT2D eigenvalue weighted by atomic mass is 10.0. The predicted octanol–water partition coefficient (Wildman–Crippen LogP) is 2.61. The van der Waals surface area contributed by atoms with Crippen LogP contribution < -0.4 is 10.1 Å². The van der Waals surface area contributed by atoms with Gasteiger partial charge in [0, 0.05) is 6.54 Å². The van der Waals surface area contributed by atoms with E-state index in [1.807, 2.05) is 11.8 Å². The van der Waals surface area contributed by atoms with E-state index in [0.29, 0.717) is 6.10 Å². The van der Waals surface area contributed by atoms with Crippen LogP contribution in [0.4, 0.5) is 0 Å². The summed E-state index contributed by atoms with van der Waals surface area (Å²) in [6.45, 7) is 2.10. The lowest BCUT2D eigenvalue weighted by Gasteiger charge is -2.24. The molecule has 1 aromatic rings. The first-order valence-corrected chi connectivity index (χ1v) is 7.64. The number of ether oxygens (including phenoxy) is 1. The van der Waals surface area contributed by atoms with Crippen LogP contribution in [0.25, 0.3) is 0 Å². The normalized spacial score (nSPS) is 20.9. The van der Waals surface area contributed by atoms with Crippen LogP contribution in [0.2, 0.25) is 0 Å². The highest BCUT2D eigenvalue weighted by Crippen LogP contribution is 2.25. The molecule has 3 rings (SSSR count). The zero-order valence-electron chi connectivity index (χ0n) is 10.1. The van der Waals surface area contributed by atoms with Gasteiger partial charge in [0.2, 0.25) is 0 Å². The van der Waals surface area contributed by atoms with E-state index in [4.69, 9.17) is 4.74 Å². The monoisotopic (exact) mass is 249 g/mol. The molecular weight excluding hydrogens is 230 g/mol. The van der Waals surface area contributed by atoms with Crippen molar-refractivity contribution in [2.45, 2.75) is 31.9 Å². The van der Waals surface area contributed by atoms with Crippen LogP contribution in [0.15, 0.2) is 18.2 Å². The lowest BCUT2D eigenvalue weighted by Crippen LogP contribution is -2.24. The standard InChI is InChI=1S/C14H19NOS/c1-2-14(16-13-4-7-17-8-5-13)9-12-10-15-6-3-11(1)12/h1-2,9,13,15H,3-8,10H2. The van der Waals surface area contributed by atoms with Gasteiger partial charge in [-0.2, -0.15) is 11.8 Å². The average molecular weight is 249 g/mol. The predicted molar refractivity (Wildman–Crippen MR) is 72.8 cm³/mol. The van der Waals surface area contributed by atoms with E-state index in [1.165, 1.54) is 35.5 Å². The maximum absolute atomic E-state index is 6.08. The number of thioether (sulfide) groups is 1. The zero-order chi connectivity index (χ0) is 11.5. The number of fused-ring (bicyclic) bond motifs is 1. The van der Waals surface area contributed by atoms with E-state index in [0.717, 1.165) is 25.3 Å². The first-order valence-electron chi connectivity index (χ1n) is 6.49. The molecule has 0 spiro atoms. The molecule has 0 aromatic heterocycles. The SMILES string of the molecule is c1cc2c(cc1OC1CCSCC1)CNCC2. The molecule has 0 bridgehead atoms. The molecule has 0 amide bonds. The van der Waals surface area contributed by atoms with Crippen molar-refractivity contribution >= 4 is 11.8 Å². The summed E-state index contributed by atoms with van der Waals surface area (Å²) in [6.07, 6.45) is 3.97. The minimum absolute atomic E-state index is 0.436. The lowest BCUT2D eigenvalue weighted by molar-refractivity contribution is 0.192. The molecule has 0 atom stereocenters. The van der Waals surface area contributed by atoms with Gasteiger partial charge < -0.3 is 10.1 Å².